The molecule has 2 amide bonds. The zero-order valence-corrected chi connectivity index (χ0v) is 12.8. The third-order valence-electron chi connectivity index (χ3n) is 3.40. The van der Waals surface area contributed by atoms with Crippen molar-refractivity contribution in [2.45, 2.75) is 17.5 Å². The van der Waals surface area contributed by atoms with Crippen LogP contribution in [-0.2, 0) is 9.59 Å². The van der Waals surface area contributed by atoms with Crippen molar-refractivity contribution in [3.8, 4) is 0 Å². The van der Waals surface area contributed by atoms with Gasteiger partial charge in [-0.1, -0.05) is 11.8 Å². The summed E-state index contributed by atoms with van der Waals surface area (Å²) in [7, 11) is 0. The maximum Gasteiger partial charge on any atom is 0.228 e. The highest BCUT2D eigenvalue weighted by Crippen LogP contribution is 2.32. The van der Waals surface area contributed by atoms with Crippen molar-refractivity contribution >= 4 is 29.3 Å². The van der Waals surface area contributed by atoms with Crippen molar-refractivity contribution in [2.75, 3.05) is 17.6 Å². The normalized spacial score (nSPS) is 16.6. The van der Waals surface area contributed by atoms with Gasteiger partial charge in [0, 0.05) is 24.4 Å². The average Bonchev–Trinajstić information content (AvgIpc) is 3.04. The molecule has 1 aliphatic rings. The molecule has 0 fully saturated rings. The number of amides is 2. The molecule has 0 saturated carbocycles. The van der Waals surface area contributed by atoms with Crippen LogP contribution in [0.5, 0.6) is 0 Å². The van der Waals surface area contributed by atoms with Crippen LogP contribution in [0.25, 0.3) is 0 Å². The van der Waals surface area contributed by atoms with Crippen LogP contribution in [0, 0.1) is 5.82 Å². The Morgan fingerprint density at radius 2 is 2.35 bits per heavy atom. The number of fused-ring (bicyclic) bond motifs is 1. The summed E-state index contributed by atoms with van der Waals surface area (Å²) in [6.07, 6.45) is 1.42. The number of aromatic nitrogens is 3. The number of anilines is 1. The lowest BCUT2D eigenvalue weighted by Crippen LogP contribution is -2.36. The van der Waals surface area contributed by atoms with Gasteiger partial charge < -0.3 is 10.6 Å². The number of halogens is 1. The summed E-state index contributed by atoms with van der Waals surface area (Å²) in [4.78, 5) is 28.0. The fourth-order valence-electron chi connectivity index (χ4n) is 2.38. The molecule has 0 radical (unpaired) electrons. The van der Waals surface area contributed by atoms with E-state index in [0.29, 0.717) is 28.7 Å². The molecule has 2 heterocycles. The van der Waals surface area contributed by atoms with Crippen LogP contribution in [0.1, 0.15) is 17.9 Å². The van der Waals surface area contributed by atoms with Crippen LogP contribution < -0.4 is 10.6 Å². The van der Waals surface area contributed by atoms with Crippen molar-refractivity contribution < 1.29 is 14.0 Å². The Morgan fingerprint density at radius 1 is 1.48 bits per heavy atom. The predicted molar refractivity (Wildman–Crippen MR) is 82.5 cm³/mol. The molecule has 7 nitrogen and oxygen atoms in total. The molecule has 1 unspecified atom stereocenters. The van der Waals surface area contributed by atoms with Crippen LogP contribution in [0.15, 0.2) is 29.7 Å². The molecule has 3 N–H and O–H groups in total. The first kappa shape index (κ1) is 15.5. The highest BCUT2D eigenvalue weighted by Gasteiger charge is 2.30. The number of hydrogen-bond donors (Lipinski definition) is 3. The first-order chi connectivity index (χ1) is 11.1. The second kappa shape index (κ2) is 6.78. The van der Waals surface area contributed by atoms with E-state index in [1.807, 2.05) is 0 Å². The molecule has 0 spiro atoms. The monoisotopic (exact) mass is 335 g/mol. The highest BCUT2D eigenvalue weighted by atomic mass is 32.2. The number of rotatable bonds is 5. The van der Waals surface area contributed by atoms with Gasteiger partial charge in [-0.3, -0.25) is 14.7 Å². The molecule has 23 heavy (non-hydrogen) atoms. The Balaban J connectivity index is 1.61. The van der Waals surface area contributed by atoms with E-state index in [-0.39, 0.29) is 18.2 Å². The zero-order chi connectivity index (χ0) is 16.2. The van der Waals surface area contributed by atoms with Gasteiger partial charge in [-0.15, -0.1) is 0 Å². The molecular formula is C14H14FN5O2S. The number of thioether (sulfide) groups is 1. The summed E-state index contributed by atoms with van der Waals surface area (Å²) in [5, 5.41) is 12.5. The summed E-state index contributed by atoms with van der Waals surface area (Å²) in [5.41, 5.74) is 0.990. The van der Waals surface area contributed by atoms with Crippen LogP contribution >= 0.6 is 11.8 Å². The third kappa shape index (κ3) is 3.67. The van der Waals surface area contributed by atoms with Crippen LogP contribution in [0.4, 0.5) is 10.1 Å². The lowest BCUT2D eigenvalue weighted by atomic mass is 9.89. The summed E-state index contributed by atoms with van der Waals surface area (Å²) in [6.45, 7) is 0.410. The number of nitrogens with one attached hydrogen (secondary N) is 3. The molecule has 1 aromatic heterocycles. The van der Waals surface area contributed by atoms with E-state index in [2.05, 4.69) is 25.8 Å². The van der Waals surface area contributed by atoms with E-state index in [1.54, 1.807) is 0 Å². The zero-order valence-electron chi connectivity index (χ0n) is 12.0. The fraction of sp³-hybridized carbons (Fsp3) is 0.286. The van der Waals surface area contributed by atoms with E-state index in [9.17, 15) is 14.0 Å². The quantitative estimate of drug-likeness (QED) is 0.564. The first-order valence-electron chi connectivity index (χ1n) is 6.98. The van der Waals surface area contributed by atoms with Gasteiger partial charge in [0.2, 0.25) is 11.8 Å². The maximum absolute atomic E-state index is 13.4. The first-order valence-corrected chi connectivity index (χ1v) is 7.97. The van der Waals surface area contributed by atoms with E-state index in [0.717, 1.165) is 0 Å². The van der Waals surface area contributed by atoms with Crippen molar-refractivity contribution in [2.24, 2.45) is 0 Å². The van der Waals surface area contributed by atoms with Crippen LogP contribution in [0.2, 0.25) is 0 Å². The molecule has 0 bridgehead atoms. The van der Waals surface area contributed by atoms with Crippen LogP contribution in [0.3, 0.4) is 0 Å². The fourth-order valence-corrected chi connectivity index (χ4v) is 3.01. The van der Waals surface area contributed by atoms with Gasteiger partial charge in [0.05, 0.1) is 5.92 Å². The van der Waals surface area contributed by atoms with Crippen molar-refractivity contribution in [3.63, 3.8) is 0 Å². The van der Waals surface area contributed by atoms with Crippen molar-refractivity contribution in [3.05, 3.63) is 35.9 Å². The van der Waals surface area contributed by atoms with Gasteiger partial charge in [-0.05, 0) is 23.8 Å². The molecule has 0 aliphatic carbocycles. The highest BCUT2D eigenvalue weighted by molar-refractivity contribution is 7.99. The number of H-pyrrole nitrogens is 1. The van der Waals surface area contributed by atoms with Crippen molar-refractivity contribution in [1.82, 2.24) is 20.5 Å². The Morgan fingerprint density at radius 3 is 3.13 bits per heavy atom. The van der Waals surface area contributed by atoms with Gasteiger partial charge in [0.15, 0.2) is 5.16 Å². The minimum absolute atomic E-state index is 0.0114. The molecule has 120 valence electrons. The SMILES string of the molecule is O=C1CC(C(=O)NCCSc2ncn[nH]2)c2cc(F)ccc2N1. The third-order valence-corrected chi connectivity index (χ3v) is 4.28. The number of carbonyl (C=O) groups is 2. The Labute approximate surface area is 135 Å². The van der Waals surface area contributed by atoms with Gasteiger partial charge in [-0.2, -0.15) is 5.10 Å². The number of carbonyl (C=O) groups excluding carboxylic acids is 2. The molecule has 1 atom stereocenters. The van der Waals surface area contributed by atoms with E-state index >= 15 is 0 Å². The van der Waals surface area contributed by atoms with E-state index in [4.69, 9.17) is 0 Å². The smallest absolute Gasteiger partial charge is 0.228 e. The Hall–Kier alpha value is -2.42. The largest absolute Gasteiger partial charge is 0.355 e. The predicted octanol–water partition coefficient (Wildman–Crippen LogP) is 1.28. The molecule has 1 aromatic carbocycles. The molecular weight excluding hydrogens is 321 g/mol. The molecule has 3 rings (SSSR count). The summed E-state index contributed by atoms with van der Waals surface area (Å²) < 4.78 is 13.4. The number of aromatic amines is 1. The van der Waals surface area contributed by atoms with Gasteiger partial charge in [-0.25, -0.2) is 9.37 Å². The number of hydrogen-bond acceptors (Lipinski definition) is 5. The number of benzene rings is 1. The van der Waals surface area contributed by atoms with E-state index < -0.39 is 11.7 Å². The lowest BCUT2D eigenvalue weighted by molar-refractivity contribution is -0.126. The molecule has 9 heteroatoms. The topological polar surface area (TPSA) is 99.8 Å². The lowest BCUT2D eigenvalue weighted by Gasteiger charge is -2.24. The van der Waals surface area contributed by atoms with Crippen molar-refractivity contribution in [1.29, 1.82) is 0 Å². The second-order valence-corrected chi connectivity index (χ2v) is 6.05. The summed E-state index contributed by atoms with van der Waals surface area (Å²) in [6, 6.07) is 4.03. The molecule has 2 aromatic rings. The Kier molecular flexibility index (Phi) is 4.56. The van der Waals surface area contributed by atoms with Gasteiger partial charge in [0.1, 0.15) is 12.1 Å². The minimum atomic E-state index is -0.676. The molecule has 0 saturated heterocycles. The van der Waals surface area contributed by atoms with Gasteiger partial charge in [0.25, 0.3) is 0 Å². The standard InChI is InChI=1S/C14H14FN5O2S/c15-8-1-2-11-9(5-8)10(6-12(21)19-11)13(22)16-3-4-23-14-17-7-18-20-14/h1-2,5,7,10H,3-4,6H2,(H,16,22)(H,19,21)(H,17,18,20). The van der Waals surface area contributed by atoms with Crippen LogP contribution in [-0.4, -0.2) is 39.3 Å². The molecule has 1 aliphatic heterocycles. The minimum Gasteiger partial charge on any atom is -0.355 e. The summed E-state index contributed by atoms with van der Waals surface area (Å²) in [5.74, 6) is -1.04. The average molecular weight is 335 g/mol. The Bertz CT molecular complexity index is 722. The second-order valence-electron chi connectivity index (χ2n) is 4.97. The van der Waals surface area contributed by atoms with E-state index in [1.165, 1.54) is 36.3 Å². The maximum atomic E-state index is 13.4. The van der Waals surface area contributed by atoms with Gasteiger partial charge >= 0.3 is 0 Å². The summed E-state index contributed by atoms with van der Waals surface area (Å²) >= 11 is 1.42. The number of nitrogens with zero attached hydrogens (tertiary/aromatic N) is 2.